The number of benzene rings is 2. The van der Waals surface area contributed by atoms with Gasteiger partial charge in [-0.1, -0.05) is 24.3 Å². The first kappa shape index (κ1) is 24.8. The van der Waals surface area contributed by atoms with Gasteiger partial charge in [-0.15, -0.1) is 0 Å². The number of ether oxygens (including phenoxy) is 2. The summed E-state index contributed by atoms with van der Waals surface area (Å²) in [6.45, 7) is 4.97. The van der Waals surface area contributed by atoms with Gasteiger partial charge in [0.2, 0.25) is 0 Å². The summed E-state index contributed by atoms with van der Waals surface area (Å²) in [5.74, 6) is 0.232. The zero-order valence-corrected chi connectivity index (χ0v) is 19.6. The number of nitrogen functional groups attached to an aromatic ring is 1. The molecule has 0 spiro atoms. The number of amidine groups is 1. The Morgan fingerprint density at radius 1 is 1.06 bits per heavy atom. The largest absolute Gasteiger partial charge is 0.466 e. The third-order valence-corrected chi connectivity index (χ3v) is 5.24. The number of carbonyl (C=O) groups is 2. The van der Waals surface area contributed by atoms with E-state index in [0.29, 0.717) is 44.6 Å². The number of imidazole rings is 1. The van der Waals surface area contributed by atoms with Crippen molar-refractivity contribution in [2.24, 2.45) is 5.73 Å². The van der Waals surface area contributed by atoms with Crippen LogP contribution in [0.4, 0.5) is 5.69 Å². The summed E-state index contributed by atoms with van der Waals surface area (Å²) in [6.07, 6.45) is 1.54. The Kier molecular flexibility index (Phi) is 8.61. The molecule has 3 aromatic rings. The molecule has 3 rings (SSSR count). The third kappa shape index (κ3) is 6.57. The molecule has 1 heterocycles. The normalized spacial score (nSPS) is 10.8. The Hall–Kier alpha value is -3.88. The van der Waals surface area contributed by atoms with E-state index < -0.39 is 0 Å². The van der Waals surface area contributed by atoms with E-state index in [1.54, 1.807) is 26.0 Å². The highest BCUT2D eigenvalue weighted by Crippen LogP contribution is 2.23. The molecular weight excluding hydrogens is 434 g/mol. The zero-order valence-electron chi connectivity index (χ0n) is 19.6. The molecule has 4 N–H and O–H groups in total. The summed E-state index contributed by atoms with van der Waals surface area (Å²) in [6, 6.07) is 13.2. The number of rotatable bonds is 12. The maximum atomic E-state index is 12.3. The van der Waals surface area contributed by atoms with Crippen molar-refractivity contribution in [2.45, 2.75) is 39.7 Å². The fourth-order valence-electron chi connectivity index (χ4n) is 3.62. The van der Waals surface area contributed by atoms with Gasteiger partial charge in [-0.3, -0.25) is 15.0 Å². The van der Waals surface area contributed by atoms with Crippen LogP contribution in [0.1, 0.15) is 43.6 Å². The highest BCUT2D eigenvalue weighted by Gasteiger charge is 2.16. The van der Waals surface area contributed by atoms with Crippen LogP contribution < -0.4 is 11.1 Å². The number of esters is 2. The van der Waals surface area contributed by atoms with Crippen molar-refractivity contribution in [2.75, 3.05) is 25.1 Å². The van der Waals surface area contributed by atoms with Crippen LogP contribution in [0.15, 0.2) is 42.5 Å². The Labute approximate surface area is 198 Å². The molecule has 0 aliphatic carbocycles. The maximum absolute atomic E-state index is 12.3. The molecular formula is C25H31N5O4. The molecule has 0 bridgehead atoms. The Morgan fingerprint density at radius 3 is 2.44 bits per heavy atom. The van der Waals surface area contributed by atoms with Crippen molar-refractivity contribution in [3.05, 3.63) is 59.4 Å². The molecule has 9 nitrogen and oxygen atoms in total. The van der Waals surface area contributed by atoms with Gasteiger partial charge >= 0.3 is 11.9 Å². The van der Waals surface area contributed by atoms with E-state index in [2.05, 4.69) is 5.32 Å². The molecule has 0 radical (unpaired) electrons. The average molecular weight is 466 g/mol. The molecule has 0 aliphatic heterocycles. The Morgan fingerprint density at radius 2 is 1.76 bits per heavy atom. The molecule has 180 valence electrons. The Balaban J connectivity index is 1.80. The highest BCUT2D eigenvalue weighted by atomic mass is 16.5. The third-order valence-electron chi connectivity index (χ3n) is 5.24. The van der Waals surface area contributed by atoms with E-state index in [1.807, 2.05) is 34.9 Å². The van der Waals surface area contributed by atoms with Crippen molar-refractivity contribution in [1.29, 1.82) is 5.41 Å². The lowest BCUT2D eigenvalue weighted by molar-refractivity contribution is -0.144. The molecule has 0 atom stereocenters. The fourth-order valence-corrected chi connectivity index (χ4v) is 3.62. The summed E-state index contributed by atoms with van der Waals surface area (Å²) in [5.41, 5.74) is 9.67. The molecule has 1 aromatic heterocycles. The van der Waals surface area contributed by atoms with E-state index >= 15 is 0 Å². The van der Waals surface area contributed by atoms with Crippen LogP contribution in [0, 0.1) is 5.41 Å². The SMILES string of the molecule is CCOC(=O)CCCNc1ccc2c(c1)nc(Cc1ccc(C(=N)N)cc1)n2CC(=O)OCC. The monoisotopic (exact) mass is 465 g/mol. The van der Waals surface area contributed by atoms with Crippen molar-refractivity contribution < 1.29 is 19.1 Å². The molecule has 34 heavy (non-hydrogen) atoms. The molecule has 9 heteroatoms. The number of fused-ring (bicyclic) bond motifs is 1. The van der Waals surface area contributed by atoms with E-state index in [0.717, 1.165) is 28.1 Å². The lowest BCUT2D eigenvalue weighted by Crippen LogP contribution is -2.16. The lowest BCUT2D eigenvalue weighted by atomic mass is 10.1. The van der Waals surface area contributed by atoms with Gasteiger partial charge in [0.1, 0.15) is 18.2 Å². The van der Waals surface area contributed by atoms with Crippen LogP contribution in [0.2, 0.25) is 0 Å². The first-order valence-corrected chi connectivity index (χ1v) is 11.4. The molecule has 0 fully saturated rings. The number of hydrogen-bond acceptors (Lipinski definition) is 7. The van der Waals surface area contributed by atoms with Gasteiger partial charge in [0.15, 0.2) is 0 Å². The molecule has 0 aliphatic rings. The standard InChI is InChI=1S/C25H31N5O4/c1-3-33-23(31)6-5-13-28-19-11-12-21-20(15-19)29-22(30(21)16-24(32)34-4-2)14-17-7-9-18(10-8-17)25(26)27/h7-12,15,28H,3-6,13-14,16H2,1-2H3,(H3,26,27). The first-order chi connectivity index (χ1) is 16.4. The molecule has 0 saturated carbocycles. The van der Waals surface area contributed by atoms with Gasteiger partial charge in [0.05, 0.1) is 24.2 Å². The number of hydrogen-bond donors (Lipinski definition) is 3. The summed E-state index contributed by atoms with van der Waals surface area (Å²) in [5, 5.41) is 10.9. The van der Waals surface area contributed by atoms with E-state index in [1.165, 1.54) is 0 Å². The van der Waals surface area contributed by atoms with Crippen molar-refractivity contribution >= 4 is 34.5 Å². The quantitative estimate of drug-likeness (QED) is 0.162. The highest BCUT2D eigenvalue weighted by molar-refractivity contribution is 5.94. The van der Waals surface area contributed by atoms with Crippen molar-refractivity contribution in [3.63, 3.8) is 0 Å². The number of nitrogens with two attached hydrogens (primary N) is 1. The molecule has 0 unspecified atom stereocenters. The number of nitrogens with zero attached hydrogens (tertiary/aromatic N) is 2. The minimum Gasteiger partial charge on any atom is -0.466 e. The van der Waals surface area contributed by atoms with E-state index in [4.69, 9.17) is 25.6 Å². The smallest absolute Gasteiger partial charge is 0.326 e. The van der Waals surface area contributed by atoms with Crippen molar-refractivity contribution in [1.82, 2.24) is 9.55 Å². The fraction of sp³-hybridized carbons (Fsp3) is 0.360. The predicted octanol–water partition coefficient (Wildman–Crippen LogP) is 3.23. The number of anilines is 1. The first-order valence-electron chi connectivity index (χ1n) is 11.4. The van der Waals surface area contributed by atoms with Crippen LogP contribution in [0.25, 0.3) is 11.0 Å². The maximum Gasteiger partial charge on any atom is 0.326 e. The number of carbonyl (C=O) groups excluding carboxylic acids is 2. The predicted molar refractivity (Wildman–Crippen MR) is 131 cm³/mol. The summed E-state index contributed by atoms with van der Waals surface area (Å²) >= 11 is 0. The average Bonchev–Trinajstić information content (AvgIpc) is 3.13. The van der Waals surface area contributed by atoms with E-state index in [9.17, 15) is 9.59 Å². The molecule has 0 saturated heterocycles. The second kappa shape index (κ2) is 11.8. The number of nitrogens with one attached hydrogen (secondary N) is 2. The van der Waals surface area contributed by atoms with Gasteiger partial charge in [-0.05, 0) is 44.0 Å². The summed E-state index contributed by atoms with van der Waals surface area (Å²) in [4.78, 5) is 28.5. The van der Waals surface area contributed by atoms with Gasteiger partial charge in [-0.25, -0.2) is 4.98 Å². The van der Waals surface area contributed by atoms with Gasteiger partial charge in [0, 0.05) is 30.6 Å². The Bertz CT molecular complexity index is 1150. The topological polar surface area (TPSA) is 132 Å². The molecule has 2 aromatic carbocycles. The van der Waals surface area contributed by atoms with Gasteiger partial charge < -0.3 is 25.1 Å². The zero-order chi connectivity index (χ0) is 24.5. The van der Waals surface area contributed by atoms with Gasteiger partial charge in [-0.2, -0.15) is 0 Å². The van der Waals surface area contributed by atoms with Crippen LogP contribution in [-0.2, 0) is 32.0 Å². The van der Waals surface area contributed by atoms with Gasteiger partial charge in [0.25, 0.3) is 0 Å². The van der Waals surface area contributed by atoms with E-state index in [-0.39, 0.29) is 24.3 Å². The second-order valence-electron chi connectivity index (χ2n) is 7.75. The minimum atomic E-state index is -0.323. The second-order valence-corrected chi connectivity index (χ2v) is 7.75. The van der Waals surface area contributed by atoms with Crippen LogP contribution in [0.5, 0.6) is 0 Å². The van der Waals surface area contributed by atoms with Crippen LogP contribution in [0.3, 0.4) is 0 Å². The minimum absolute atomic E-state index is 0.0170. The van der Waals surface area contributed by atoms with Crippen molar-refractivity contribution in [3.8, 4) is 0 Å². The van der Waals surface area contributed by atoms with Crippen LogP contribution >= 0.6 is 0 Å². The lowest BCUT2D eigenvalue weighted by Gasteiger charge is -2.10. The summed E-state index contributed by atoms with van der Waals surface area (Å²) < 4.78 is 12.0. The summed E-state index contributed by atoms with van der Waals surface area (Å²) in [7, 11) is 0. The molecule has 0 amide bonds. The van der Waals surface area contributed by atoms with Crippen LogP contribution in [-0.4, -0.2) is 47.1 Å². The number of aromatic nitrogens is 2.